The first-order valence-corrected chi connectivity index (χ1v) is 13.1. The monoisotopic (exact) mass is 500 g/mol. The third kappa shape index (κ3) is 6.32. The Kier molecular flexibility index (Phi) is 9.11. The van der Waals surface area contributed by atoms with Crippen molar-refractivity contribution in [2.75, 3.05) is 13.3 Å². The molecule has 0 atom stereocenters. The second-order valence-electron chi connectivity index (χ2n) is 9.95. The highest BCUT2D eigenvalue weighted by Crippen LogP contribution is 2.40. The molecule has 2 saturated carbocycles. The molecule has 0 heterocycles. The molecule has 0 aromatic heterocycles. The maximum absolute atomic E-state index is 14.3. The maximum Gasteiger partial charge on any atom is 0.314 e. The molecule has 0 bridgehead atoms. The van der Waals surface area contributed by atoms with Crippen molar-refractivity contribution in [3.8, 4) is 11.5 Å². The zero-order valence-corrected chi connectivity index (χ0v) is 20.9. The van der Waals surface area contributed by atoms with Crippen LogP contribution in [0.2, 0.25) is 0 Å². The van der Waals surface area contributed by atoms with Gasteiger partial charge >= 0.3 is 5.97 Å². The Morgan fingerprint density at radius 2 is 1.36 bits per heavy atom. The zero-order valence-electron chi connectivity index (χ0n) is 20.9. The van der Waals surface area contributed by atoms with E-state index in [4.69, 9.17) is 9.47 Å². The summed E-state index contributed by atoms with van der Waals surface area (Å²) in [6, 6.07) is 11.4. The number of hydrogen-bond acceptors (Lipinski definition) is 3. The van der Waals surface area contributed by atoms with E-state index in [2.05, 4.69) is 24.3 Å². The van der Waals surface area contributed by atoms with Crippen LogP contribution < -0.4 is 9.47 Å². The van der Waals surface area contributed by atoms with E-state index in [0.717, 1.165) is 38.5 Å². The van der Waals surface area contributed by atoms with Gasteiger partial charge in [0.1, 0.15) is 6.67 Å². The summed E-state index contributed by atoms with van der Waals surface area (Å²) >= 11 is 0. The smallest absolute Gasteiger partial charge is 0.314 e. The highest BCUT2D eigenvalue weighted by molar-refractivity contribution is 5.75. The number of allylic oxidation sites excluding steroid dienone is 2. The molecule has 2 aromatic carbocycles. The number of carbonyl (C=O) groups is 1. The quantitative estimate of drug-likeness (QED) is 0.209. The molecular formula is C30H35F3O3. The van der Waals surface area contributed by atoms with Gasteiger partial charge < -0.3 is 9.47 Å². The Morgan fingerprint density at radius 1 is 0.833 bits per heavy atom. The van der Waals surface area contributed by atoms with Gasteiger partial charge in [-0.3, -0.25) is 4.79 Å². The third-order valence-electron chi connectivity index (χ3n) is 7.73. The fourth-order valence-electron chi connectivity index (χ4n) is 5.64. The molecule has 0 N–H and O–H groups in total. The topological polar surface area (TPSA) is 35.5 Å². The SMILES string of the molecule is CCOc1ccc(OC(=O)C2CCC(c3ccc(C4CCC(/C=C/CF)CC4)cc3)CC2)c(F)c1F. The van der Waals surface area contributed by atoms with E-state index in [1.165, 1.54) is 23.3 Å². The van der Waals surface area contributed by atoms with Crippen LogP contribution in [-0.2, 0) is 4.79 Å². The van der Waals surface area contributed by atoms with Crippen molar-refractivity contribution in [3.63, 3.8) is 0 Å². The summed E-state index contributed by atoms with van der Waals surface area (Å²) in [6.45, 7) is 1.51. The minimum atomic E-state index is -1.20. The fraction of sp³-hybridized carbons (Fsp3) is 0.500. The Morgan fingerprint density at radius 3 is 1.92 bits per heavy atom. The van der Waals surface area contributed by atoms with Crippen molar-refractivity contribution in [1.82, 2.24) is 0 Å². The predicted molar refractivity (Wildman–Crippen MR) is 134 cm³/mol. The largest absolute Gasteiger partial charge is 0.491 e. The van der Waals surface area contributed by atoms with Gasteiger partial charge in [0.25, 0.3) is 0 Å². The number of hydrogen-bond donors (Lipinski definition) is 0. The Labute approximate surface area is 211 Å². The van der Waals surface area contributed by atoms with Crippen molar-refractivity contribution in [2.45, 2.75) is 70.1 Å². The van der Waals surface area contributed by atoms with Gasteiger partial charge in [-0.2, -0.15) is 8.78 Å². The summed E-state index contributed by atoms with van der Waals surface area (Å²) < 4.78 is 51.0. The summed E-state index contributed by atoms with van der Waals surface area (Å²) in [5, 5.41) is 0. The summed E-state index contributed by atoms with van der Waals surface area (Å²) in [4.78, 5) is 12.6. The van der Waals surface area contributed by atoms with Crippen LogP contribution in [0.25, 0.3) is 0 Å². The minimum Gasteiger partial charge on any atom is -0.491 e. The van der Waals surface area contributed by atoms with Gasteiger partial charge in [-0.05, 0) is 99.3 Å². The Balaban J connectivity index is 1.27. The Hall–Kier alpha value is -2.76. The van der Waals surface area contributed by atoms with E-state index < -0.39 is 23.4 Å². The number of esters is 1. The van der Waals surface area contributed by atoms with Crippen molar-refractivity contribution in [1.29, 1.82) is 0 Å². The molecule has 4 rings (SSSR count). The standard InChI is InChI=1S/C30H35F3O3/c1-2-35-26-17-18-27(29(33)28(26)32)36-30(34)25-15-13-24(14-16-25)23-11-9-22(10-12-23)21-7-5-20(6-8-21)4-3-19-31/h3-4,9-12,17-18,20-21,24-25H,2,5-8,13-16,19H2,1H3/b4-3+. The van der Waals surface area contributed by atoms with E-state index in [0.29, 0.717) is 30.6 Å². The molecule has 2 aliphatic rings. The van der Waals surface area contributed by atoms with Gasteiger partial charge in [-0.15, -0.1) is 0 Å². The van der Waals surface area contributed by atoms with Gasteiger partial charge in [0.05, 0.1) is 12.5 Å². The van der Waals surface area contributed by atoms with Crippen LogP contribution in [0, 0.1) is 23.5 Å². The van der Waals surface area contributed by atoms with Crippen LogP contribution in [0.15, 0.2) is 48.6 Å². The number of rotatable bonds is 8. The van der Waals surface area contributed by atoms with Crippen molar-refractivity contribution >= 4 is 5.97 Å². The number of halogens is 3. The van der Waals surface area contributed by atoms with Crippen LogP contribution in [0.3, 0.4) is 0 Å². The normalized spacial score (nSPS) is 24.6. The number of carbonyl (C=O) groups excluding carboxylic acids is 1. The third-order valence-corrected chi connectivity index (χ3v) is 7.73. The van der Waals surface area contributed by atoms with Crippen LogP contribution in [0.1, 0.15) is 81.3 Å². The molecule has 36 heavy (non-hydrogen) atoms. The molecule has 0 amide bonds. The van der Waals surface area contributed by atoms with E-state index >= 15 is 0 Å². The summed E-state index contributed by atoms with van der Waals surface area (Å²) in [5.74, 6) is -2.33. The molecule has 3 nitrogen and oxygen atoms in total. The minimum absolute atomic E-state index is 0.195. The molecule has 0 aliphatic heterocycles. The van der Waals surface area contributed by atoms with Gasteiger partial charge in [0.15, 0.2) is 11.5 Å². The average Bonchev–Trinajstić information content (AvgIpc) is 2.92. The Bertz CT molecular complexity index is 1030. The fourth-order valence-corrected chi connectivity index (χ4v) is 5.64. The molecule has 0 unspecified atom stereocenters. The molecule has 0 spiro atoms. The lowest BCUT2D eigenvalue weighted by Crippen LogP contribution is -2.25. The second-order valence-corrected chi connectivity index (χ2v) is 9.95. The highest BCUT2D eigenvalue weighted by atomic mass is 19.2. The molecule has 0 saturated heterocycles. The van der Waals surface area contributed by atoms with Gasteiger partial charge in [0.2, 0.25) is 11.6 Å². The lowest BCUT2D eigenvalue weighted by molar-refractivity contribution is -0.140. The lowest BCUT2D eigenvalue weighted by Gasteiger charge is -2.29. The lowest BCUT2D eigenvalue weighted by atomic mass is 9.76. The highest BCUT2D eigenvalue weighted by Gasteiger charge is 2.30. The number of alkyl halides is 1. The van der Waals surface area contributed by atoms with E-state index in [9.17, 15) is 18.0 Å². The van der Waals surface area contributed by atoms with Gasteiger partial charge in [-0.1, -0.05) is 36.4 Å². The van der Waals surface area contributed by atoms with E-state index in [-0.39, 0.29) is 24.9 Å². The van der Waals surface area contributed by atoms with Crippen LogP contribution in [-0.4, -0.2) is 19.3 Å². The molecule has 194 valence electrons. The summed E-state index contributed by atoms with van der Waals surface area (Å²) in [5.41, 5.74) is 2.65. The first-order valence-electron chi connectivity index (χ1n) is 13.1. The molecule has 6 heteroatoms. The molecule has 2 fully saturated rings. The summed E-state index contributed by atoms with van der Waals surface area (Å²) in [6.07, 6.45) is 11.2. The molecule has 2 aromatic rings. The van der Waals surface area contributed by atoms with E-state index in [1.54, 1.807) is 13.0 Å². The molecule has 0 radical (unpaired) electrons. The maximum atomic E-state index is 14.3. The van der Waals surface area contributed by atoms with Gasteiger partial charge in [-0.25, -0.2) is 4.39 Å². The van der Waals surface area contributed by atoms with E-state index in [1.807, 2.05) is 6.08 Å². The first kappa shape index (κ1) is 26.3. The van der Waals surface area contributed by atoms with Crippen molar-refractivity contribution in [2.24, 2.45) is 11.8 Å². The first-order chi connectivity index (χ1) is 17.5. The number of benzene rings is 2. The predicted octanol–water partition coefficient (Wildman–Crippen LogP) is 8.04. The van der Waals surface area contributed by atoms with Crippen LogP contribution in [0.5, 0.6) is 11.5 Å². The van der Waals surface area contributed by atoms with Crippen LogP contribution >= 0.6 is 0 Å². The molecular weight excluding hydrogens is 465 g/mol. The zero-order chi connectivity index (χ0) is 25.5. The summed E-state index contributed by atoms with van der Waals surface area (Å²) in [7, 11) is 0. The average molecular weight is 501 g/mol. The number of ether oxygens (including phenoxy) is 2. The second kappa shape index (κ2) is 12.5. The van der Waals surface area contributed by atoms with Crippen molar-refractivity contribution in [3.05, 3.63) is 71.3 Å². The molecule has 2 aliphatic carbocycles. The van der Waals surface area contributed by atoms with Crippen molar-refractivity contribution < 1.29 is 27.4 Å². The van der Waals surface area contributed by atoms with Gasteiger partial charge in [0, 0.05) is 0 Å². The van der Waals surface area contributed by atoms with Crippen LogP contribution in [0.4, 0.5) is 13.2 Å².